The van der Waals surface area contributed by atoms with Gasteiger partial charge in [0, 0.05) is 18.0 Å². The summed E-state index contributed by atoms with van der Waals surface area (Å²) in [6, 6.07) is 20.7. The number of rotatable bonds is 7. The molecule has 5 nitrogen and oxygen atoms in total. The molecule has 1 fully saturated rings. The molecule has 1 aliphatic rings. The van der Waals surface area contributed by atoms with Crippen molar-refractivity contribution in [3.8, 4) is 0 Å². The van der Waals surface area contributed by atoms with Crippen LogP contribution in [0.5, 0.6) is 0 Å². The normalized spacial score (nSPS) is 20.7. The average Bonchev–Trinajstić information content (AvgIpc) is 2.90. The van der Waals surface area contributed by atoms with Crippen LogP contribution in [0.4, 0.5) is 13.2 Å². The van der Waals surface area contributed by atoms with Crippen LogP contribution in [0, 0.1) is 28.8 Å². The van der Waals surface area contributed by atoms with E-state index in [2.05, 4.69) is 0 Å². The lowest BCUT2D eigenvalue weighted by molar-refractivity contribution is -0.239. The largest absolute Gasteiger partial charge is 0.385 e. The van der Waals surface area contributed by atoms with Gasteiger partial charge in [-0.3, -0.25) is 4.79 Å². The fourth-order valence-electron chi connectivity index (χ4n) is 5.09. The molecule has 1 aliphatic heterocycles. The number of aliphatic hydroxyl groups excluding tert-OH is 1. The second kappa shape index (κ2) is 11.2. The van der Waals surface area contributed by atoms with E-state index in [-0.39, 0.29) is 12.1 Å². The third-order valence-corrected chi connectivity index (χ3v) is 10.0. The van der Waals surface area contributed by atoms with Crippen molar-refractivity contribution in [2.24, 2.45) is 11.3 Å². The lowest BCUT2D eigenvalue weighted by Crippen LogP contribution is -2.67. The van der Waals surface area contributed by atoms with Crippen molar-refractivity contribution < 1.29 is 32.2 Å². The number of nitrogens with zero attached hydrogens (tertiary/aromatic N) is 1. The first-order chi connectivity index (χ1) is 18.4. The summed E-state index contributed by atoms with van der Waals surface area (Å²) in [5.74, 6) is -5.81. The summed E-state index contributed by atoms with van der Waals surface area (Å²) in [4.78, 5) is 15.0. The van der Waals surface area contributed by atoms with E-state index in [9.17, 15) is 23.1 Å². The molecule has 1 N–H and O–H groups in total. The molecule has 4 rings (SSSR count). The van der Waals surface area contributed by atoms with Crippen LogP contribution in [0.3, 0.4) is 0 Å². The maximum absolute atomic E-state index is 14.9. The van der Waals surface area contributed by atoms with Gasteiger partial charge in [0.15, 0.2) is 23.2 Å². The van der Waals surface area contributed by atoms with Crippen LogP contribution in [-0.4, -0.2) is 43.9 Å². The highest BCUT2D eigenvalue weighted by Gasteiger charge is 2.55. The van der Waals surface area contributed by atoms with E-state index >= 15 is 0 Å². The van der Waals surface area contributed by atoms with Crippen molar-refractivity contribution in [1.82, 2.24) is 4.90 Å². The highest BCUT2D eigenvalue weighted by atomic mass is 28.3. The van der Waals surface area contributed by atoms with E-state index in [0.717, 1.165) is 22.5 Å². The smallest absolute Gasteiger partial charge is 0.281 e. The van der Waals surface area contributed by atoms with E-state index in [1.54, 1.807) is 6.92 Å². The molecule has 3 aromatic rings. The molecule has 0 bridgehead atoms. The van der Waals surface area contributed by atoms with Gasteiger partial charge in [0.1, 0.15) is 0 Å². The van der Waals surface area contributed by atoms with Crippen LogP contribution in [0.2, 0.25) is 0 Å². The fraction of sp³-hybridized carbons (Fsp3) is 0.367. The van der Waals surface area contributed by atoms with Gasteiger partial charge >= 0.3 is 0 Å². The van der Waals surface area contributed by atoms with Gasteiger partial charge < -0.3 is 19.2 Å². The zero-order chi connectivity index (χ0) is 28.5. The van der Waals surface area contributed by atoms with Crippen molar-refractivity contribution >= 4 is 25.3 Å². The zero-order valence-corrected chi connectivity index (χ0v) is 23.9. The first-order valence-electron chi connectivity index (χ1n) is 12.9. The van der Waals surface area contributed by atoms with Crippen LogP contribution in [0.1, 0.15) is 40.2 Å². The maximum Gasteiger partial charge on any atom is 0.281 e. The van der Waals surface area contributed by atoms with E-state index < -0.39 is 61.9 Å². The first kappa shape index (κ1) is 29.0. The third kappa shape index (κ3) is 5.67. The average molecular weight is 558 g/mol. The number of morpholine rings is 1. The third-order valence-electron chi connectivity index (χ3n) is 7.46. The lowest BCUT2D eigenvalue weighted by atomic mass is 9.72. The number of hydrogen-bond acceptors (Lipinski definition) is 4. The Morgan fingerprint density at radius 1 is 0.974 bits per heavy atom. The second-order valence-electron chi connectivity index (χ2n) is 11.1. The van der Waals surface area contributed by atoms with Crippen molar-refractivity contribution in [2.45, 2.75) is 52.7 Å². The molecule has 0 aliphatic carbocycles. The Morgan fingerprint density at radius 2 is 1.46 bits per heavy atom. The summed E-state index contributed by atoms with van der Waals surface area (Å²) in [7, 11) is -2.71. The van der Waals surface area contributed by atoms with Crippen molar-refractivity contribution in [3.63, 3.8) is 0 Å². The standard InChI is InChI=1S/C30H34F3NO4Si/c1-19-18-34(27(35)28(36)37-19)30(20(2)29(3,4)5,21-16-24(31)26(33)25(32)17-21)38-39(22-12-8-6-9-13-22)23-14-10-7-11-15-23/h6-17,19-20,28,36,39H,18H2,1-5H3/t19?,20-,28?,30-/m1/s1. The molecule has 4 atom stereocenters. The van der Waals surface area contributed by atoms with Gasteiger partial charge in [0.05, 0.1) is 6.10 Å². The van der Waals surface area contributed by atoms with Gasteiger partial charge in [-0.15, -0.1) is 0 Å². The monoisotopic (exact) mass is 557 g/mol. The van der Waals surface area contributed by atoms with Crippen LogP contribution in [0.25, 0.3) is 0 Å². The van der Waals surface area contributed by atoms with Crippen LogP contribution in [-0.2, 0) is 19.7 Å². The number of aliphatic hydroxyl groups is 1. The van der Waals surface area contributed by atoms with Crippen molar-refractivity contribution in [3.05, 3.63) is 95.8 Å². The summed E-state index contributed by atoms with van der Waals surface area (Å²) >= 11 is 0. The highest BCUT2D eigenvalue weighted by molar-refractivity contribution is 6.80. The Morgan fingerprint density at radius 3 is 1.92 bits per heavy atom. The molecule has 9 heteroatoms. The molecule has 0 radical (unpaired) electrons. The molecule has 0 aromatic heterocycles. The van der Waals surface area contributed by atoms with E-state index in [1.165, 1.54) is 4.90 Å². The maximum atomic E-state index is 14.9. The number of carbonyl (C=O) groups excluding carboxylic acids is 1. The molecule has 39 heavy (non-hydrogen) atoms. The number of carbonyl (C=O) groups is 1. The minimum Gasteiger partial charge on any atom is -0.385 e. The molecule has 1 heterocycles. The number of amides is 1. The summed E-state index contributed by atoms with van der Waals surface area (Å²) in [6.45, 7) is 9.28. The molecule has 1 amide bonds. The minimum absolute atomic E-state index is 0.0262. The van der Waals surface area contributed by atoms with Crippen LogP contribution < -0.4 is 10.4 Å². The quantitative estimate of drug-likeness (QED) is 0.352. The Kier molecular flexibility index (Phi) is 8.37. The van der Waals surface area contributed by atoms with Gasteiger partial charge in [-0.05, 0) is 34.8 Å². The Bertz CT molecular complexity index is 1240. The minimum atomic E-state index is -2.71. The van der Waals surface area contributed by atoms with Gasteiger partial charge in [-0.2, -0.15) is 0 Å². The number of ether oxygens (including phenoxy) is 1. The lowest BCUT2D eigenvalue weighted by Gasteiger charge is -2.55. The molecule has 3 aromatic carbocycles. The van der Waals surface area contributed by atoms with Crippen LogP contribution >= 0.6 is 0 Å². The van der Waals surface area contributed by atoms with E-state index in [0.29, 0.717) is 0 Å². The van der Waals surface area contributed by atoms with E-state index in [1.807, 2.05) is 88.4 Å². The topological polar surface area (TPSA) is 59.0 Å². The molecular formula is C30H34F3NO4Si. The fourth-order valence-corrected chi connectivity index (χ4v) is 7.71. The molecule has 0 spiro atoms. The molecule has 2 unspecified atom stereocenters. The molecule has 208 valence electrons. The van der Waals surface area contributed by atoms with Gasteiger partial charge in [-0.1, -0.05) is 88.4 Å². The Hall–Kier alpha value is -2.98. The van der Waals surface area contributed by atoms with Crippen molar-refractivity contribution in [1.29, 1.82) is 0 Å². The SMILES string of the molecule is CC1CN([C@](O[SiH](c2ccccc2)c2ccccc2)(c2cc(F)c(F)c(F)c2)[C@H](C)C(C)(C)C)C(=O)C(O)O1. The first-order valence-corrected chi connectivity index (χ1v) is 14.6. The molecule has 0 saturated carbocycles. The zero-order valence-electron chi connectivity index (χ0n) is 22.7. The van der Waals surface area contributed by atoms with Gasteiger partial charge in [0.25, 0.3) is 5.91 Å². The van der Waals surface area contributed by atoms with Crippen LogP contribution in [0.15, 0.2) is 72.8 Å². The predicted molar refractivity (Wildman–Crippen MR) is 145 cm³/mol. The number of halogens is 3. The Labute approximate surface area is 228 Å². The van der Waals surface area contributed by atoms with Gasteiger partial charge in [-0.25, -0.2) is 13.2 Å². The molecule has 1 saturated heterocycles. The number of benzene rings is 3. The number of hydrogen-bond donors (Lipinski definition) is 1. The van der Waals surface area contributed by atoms with Gasteiger partial charge in [0.2, 0.25) is 15.3 Å². The van der Waals surface area contributed by atoms with E-state index in [4.69, 9.17) is 9.16 Å². The van der Waals surface area contributed by atoms with Crippen molar-refractivity contribution in [2.75, 3.05) is 6.54 Å². The Balaban J connectivity index is 2.07. The summed E-state index contributed by atoms with van der Waals surface area (Å²) in [5, 5.41) is 12.3. The summed E-state index contributed by atoms with van der Waals surface area (Å²) < 4.78 is 56.6. The predicted octanol–water partition coefficient (Wildman–Crippen LogP) is 4.06. The summed E-state index contributed by atoms with van der Waals surface area (Å²) in [5.41, 5.74) is -2.44. The molecular weight excluding hydrogens is 523 g/mol. The second-order valence-corrected chi connectivity index (χ2v) is 13.4. The highest BCUT2D eigenvalue weighted by Crippen LogP contribution is 2.48. The summed E-state index contributed by atoms with van der Waals surface area (Å²) in [6.07, 6.45) is -2.41.